The van der Waals surface area contributed by atoms with Crippen molar-refractivity contribution in [2.45, 2.75) is 44.4 Å². The first-order valence-corrected chi connectivity index (χ1v) is 6.76. The Morgan fingerprint density at radius 2 is 2.00 bits per heavy atom. The van der Waals surface area contributed by atoms with Crippen LogP contribution in [0.25, 0.3) is 0 Å². The van der Waals surface area contributed by atoms with Gasteiger partial charge in [0, 0.05) is 5.92 Å². The fraction of sp³-hybridized carbons (Fsp3) is 0.533. The molecule has 2 aliphatic rings. The lowest BCUT2D eigenvalue weighted by Crippen LogP contribution is -2.35. The number of nitrogens with one attached hydrogen (secondary N) is 1. The van der Waals surface area contributed by atoms with Gasteiger partial charge in [0.1, 0.15) is 6.10 Å². The quantitative estimate of drug-likeness (QED) is 0.825. The number of amides is 1. The van der Waals surface area contributed by atoms with Crippen LogP contribution in [0.3, 0.4) is 0 Å². The summed E-state index contributed by atoms with van der Waals surface area (Å²) in [5, 5.41) is 3.15. The lowest BCUT2D eigenvalue weighted by molar-refractivity contribution is -0.132. The average molecular weight is 245 g/mol. The molecule has 2 fully saturated rings. The van der Waals surface area contributed by atoms with Gasteiger partial charge in [-0.05, 0) is 25.3 Å². The molecule has 3 rings (SSSR count). The zero-order chi connectivity index (χ0) is 12.5. The Balaban J connectivity index is 1.93. The summed E-state index contributed by atoms with van der Waals surface area (Å²) in [4.78, 5) is 12.0. The van der Waals surface area contributed by atoms with Crippen LogP contribution in [0.15, 0.2) is 30.3 Å². The second-order valence-corrected chi connectivity index (χ2v) is 5.31. The Morgan fingerprint density at radius 1 is 1.22 bits per heavy atom. The van der Waals surface area contributed by atoms with Gasteiger partial charge in [0.05, 0.1) is 12.1 Å². The molecule has 3 nitrogen and oxygen atoms in total. The molecule has 1 aromatic carbocycles. The third-order valence-corrected chi connectivity index (χ3v) is 4.14. The molecular weight excluding hydrogens is 226 g/mol. The number of fused-ring (bicyclic) bond motifs is 1. The van der Waals surface area contributed by atoms with E-state index in [0.717, 1.165) is 12.8 Å². The predicted molar refractivity (Wildman–Crippen MR) is 69.0 cm³/mol. The summed E-state index contributed by atoms with van der Waals surface area (Å²) in [7, 11) is 0. The first kappa shape index (κ1) is 11.7. The lowest BCUT2D eigenvalue weighted by atomic mass is 9.90. The normalized spacial score (nSPS) is 35.7. The third kappa shape index (κ3) is 2.03. The van der Waals surface area contributed by atoms with Crippen LogP contribution in [0, 0.1) is 5.92 Å². The molecule has 1 aromatic rings. The van der Waals surface area contributed by atoms with Gasteiger partial charge in [-0.1, -0.05) is 36.8 Å². The monoisotopic (exact) mass is 245 g/mol. The van der Waals surface area contributed by atoms with Crippen molar-refractivity contribution in [1.29, 1.82) is 0 Å². The van der Waals surface area contributed by atoms with Crippen molar-refractivity contribution >= 4 is 5.91 Å². The highest BCUT2D eigenvalue weighted by molar-refractivity contribution is 5.81. The molecule has 0 aromatic heterocycles. The maximum Gasteiger partial charge on any atom is 0.249 e. The number of ether oxygens (including phenoxy) is 1. The molecule has 1 heterocycles. The highest BCUT2D eigenvalue weighted by Gasteiger charge is 2.40. The highest BCUT2D eigenvalue weighted by Crippen LogP contribution is 2.39. The van der Waals surface area contributed by atoms with Gasteiger partial charge in [0.15, 0.2) is 0 Å². The van der Waals surface area contributed by atoms with E-state index in [1.807, 2.05) is 25.1 Å². The molecule has 1 saturated heterocycles. The molecule has 1 saturated carbocycles. The molecule has 3 heteroatoms. The van der Waals surface area contributed by atoms with Crippen molar-refractivity contribution in [3.8, 4) is 0 Å². The molecular formula is C15H19NO2. The van der Waals surface area contributed by atoms with Crippen molar-refractivity contribution < 1.29 is 9.53 Å². The summed E-state index contributed by atoms with van der Waals surface area (Å²) >= 11 is 0. The van der Waals surface area contributed by atoms with Crippen LogP contribution in [0.2, 0.25) is 0 Å². The molecule has 1 amide bonds. The zero-order valence-electron chi connectivity index (χ0n) is 10.6. The number of carbonyl (C=O) groups is 1. The van der Waals surface area contributed by atoms with E-state index in [1.54, 1.807) is 0 Å². The number of rotatable bonds is 1. The van der Waals surface area contributed by atoms with Gasteiger partial charge in [0.25, 0.3) is 0 Å². The van der Waals surface area contributed by atoms with Gasteiger partial charge >= 0.3 is 0 Å². The van der Waals surface area contributed by atoms with Crippen molar-refractivity contribution in [2.75, 3.05) is 0 Å². The standard InChI is InChI=1S/C15H19NO2/c1-10-15(17)16-14(11-6-3-2-4-7-11)12-8-5-9-13(12)18-10/h2-4,6-7,10,12-14H,5,8-9H2,1H3,(H,16,17)/t10?,12-,13+,14-/m0/s1. The molecule has 96 valence electrons. The summed E-state index contributed by atoms with van der Waals surface area (Å²) in [6, 6.07) is 10.4. The Labute approximate surface area is 108 Å². The average Bonchev–Trinajstić information content (AvgIpc) is 2.80. The molecule has 18 heavy (non-hydrogen) atoms. The minimum Gasteiger partial charge on any atom is -0.365 e. The van der Waals surface area contributed by atoms with Crippen molar-refractivity contribution in [1.82, 2.24) is 5.32 Å². The van der Waals surface area contributed by atoms with E-state index >= 15 is 0 Å². The molecule has 4 atom stereocenters. The van der Waals surface area contributed by atoms with Crippen molar-refractivity contribution in [3.05, 3.63) is 35.9 Å². The largest absolute Gasteiger partial charge is 0.365 e. The lowest BCUT2D eigenvalue weighted by Gasteiger charge is -2.25. The van der Waals surface area contributed by atoms with Crippen molar-refractivity contribution in [2.24, 2.45) is 5.92 Å². The van der Waals surface area contributed by atoms with E-state index in [1.165, 1.54) is 12.0 Å². The van der Waals surface area contributed by atoms with Crippen LogP contribution in [-0.4, -0.2) is 18.1 Å². The molecule has 0 bridgehead atoms. The number of carbonyl (C=O) groups excluding carboxylic acids is 1. The van der Waals surface area contributed by atoms with E-state index in [-0.39, 0.29) is 24.2 Å². The summed E-state index contributed by atoms with van der Waals surface area (Å²) < 4.78 is 5.89. The SMILES string of the molecule is CC1O[C@@H]2CCC[C@@H]2[C@H](c2ccccc2)NC1=O. The second-order valence-electron chi connectivity index (χ2n) is 5.31. The number of hydrogen-bond acceptors (Lipinski definition) is 2. The van der Waals surface area contributed by atoms with E-state index in [9.17, 15) is 4.79 Å². The maximum atomic E-state index is 12.0. The molecule has 0 spiro atoms. The Morgan fingerprint density at radius 3 is 2.78 bits per heavy atom. The highest BCUT2D eigenvalue weighted by atomic mass is 16.5. The van der Waals surface area contributed by atoms with Gasteiger partial charge in [0.2, 0.25) is 5.91 Å². The second kappa shape index (κ2) is 4.73. The molecule has 1 aliphatic heterocycles. The van der Waals surface area contributed by atoms with Crippen LogP contribution in [-0.2, 0) is 9.53 Å². The first-order chi connectivity index (χ1) is 8.75. The Kier molecular flexibility index (Phi) is 3.08. The van der Waals surface area contributed by atoms with E-state index < -0.39 is 0 Å². The number of benzene rings is 1. The fourth-order valence-corrected chi connectivity index (χ4v) is 3.20. The van der Waals surface area contributed by atoms with Gasteiger partial charge in [-0.3, -0.25) is 4.79 Å². The van der Waals surface area contributed by atoms with Crippen LogP contribution in [0.5, 0.6) is 0 Å². The van der Waals surface area contributed by atoms with Crippen LogP contribution in [0.1, 0.15) is 37.8 Å². The summed E-state index contributed by atoms with van der Waals surface area (Å²) in [6.45, 7) is 1.85. The predicted octanol–water partition coefficient (Wildman–Crippen LogP) is 2.43. The fourth-order valence-electron chi connectivity index (χ4n) is 3.20. The Hall–Kier alpha value is -1.35. The van der Waals surface area contributed by atoms with E-state index in [4.69, 9.17) is 4.74 Å². The molecule has 1 unspecified atom stereocenters. The first-order valence-electron chi connectivity index (χ1n) is 6.76. The van der Waals surface area contributed by atoms with E-state index in [2.05, 4.69) is 17.4 Å². The Bertz CT molecular complexity index is 431. The van der Waals surface area contributed by atoms with Crippen LogP contribution < -0.4 is 5.32 Å². The van der Waals surface area contributed by atoms with Crippen molar-refractivity contribution in [3.63, 3.8) is 0 Å². The molecule has 0 radical (unpaired) electrons. The smallest absolute Gasteiger partial charge is 0.249 e. The minimum absolute atomic E-state index is 0.0123. The van der Waals surface area contributed by atoms with Crippen LogP contribution in [0.4, 0.5) is 0 Å². The van der Waals surface area contributed by atoms with Crippen LogP contribution >= 0.6 is 0 Å². The van der Waals surface area contributed by atoms with Gasteiger partial charge in [-0.2, -0.15) is 0 Å². The summed E-state index contributed by atoms with van der Waals surface area (Å²) in [5.74, 6) is 0.430. The van der Waals surface area contributed by atoms with Gasteiger partial charge < -0.3 is 10.1 Å². The van der Waals surface area contributed by atoms with Gasteiger partial charge in [-0.25, -0.2) is 0 Å². The minimum atomic E-state index is -0.329. The molecule has 1 N–H and O–H groups in total. The maximum absolute atomic E-state index is 12.0. The third-order valence-electron chi connectivity index (χ3n) is 4.14. The van der Waals surface area contributed by atoms with E-state index in [0.29, 0.717) is 5.92 Å². The summed E-state index contributed by atoms with van der Waals surface area (Å²) in [6.07, 6.45) is 3.31. The topological polar surface area (TPSA) is 38.3 Å². The van der Waals surface area contributed by atoms with Gasteiger partial charge in [-0.15, -0.1) is 0 Å². The molecule has 1 aliphatic carbocycles. The number of hydrogen-bond donors (Lipinski definition) is 1. The zero-order valence-corrected chi connectivity index (χ0v) is 10.6. The summed E-state index contributed by atoms with van der Waals surface area (Å²) in [5.41, 5.74) is 1.19.